The molecule has 1 atom stereocenters. The first-order valence-corrected chi connectivity index (χ1v) is 6.88. The number of hydrogen-bond acceptors (Lipinski definition) is 2. The number of nitrogens with one attached hydrogen (secondary N) is 1. The second-order valence-electron chi connectivity index (χ2n) is 5.96. The lowest BCUT2D eigenvalue weighted by molar-refractivity contribution is -0.110. The van der Waals surface area contributed by atoms with E-state index in [9.17, 15) is 4.79 Å². The van der Waals surface area contributed by atoms with E-state index in [1.807, 2.05) is 36.4 Å². The minimum Gasteiger partial charge on any atom is -0.301 e. The van der Waals surface area contributed by atoms with Crippen molar-refractivity contribution >= 4 is 6.29 Å². The Balaban J connectivity index is 2.44. The summed E-state index contributed by atoms with van der Waals surface area (Å²) in [7, 11) is 0. The number of benzene rings is 2. The van der Waals surface area contributed by atoms with E-state index < -0.39 is 0 Å². The van der Waals surface area contributed by atoms with E-state index in [0.29, 0.717) is 0 Å². The molecule has 0 spiro atoms. The Morgan fingerprint density at radius 1 is 0.950 bits per heavy atom. The molecule has 0 fully saturated rings. The summed E-state index contributed by atoms with van der Waals surface area (Å²) in [5, 5.41) is 3.36. The number of carbonyl (C=O) groups excluding carboxylic acids is 1. The Morgan fingerprint density at radius 3 is 2.15 bits per heavy atom. The highest BCUT2D eigenvalue weighted by atomic mass is 16.1. The Morgan fingerprint density at radius 2 is 1.55 bits per heavy atom. The molecular formula is C18H21NO. The molecule has 0 saturated heterocycles. The first kappa shape index (κ1) is 14.5. The topological polar surface area (TPSA) is 29.1 Å². The fraction of sp³-hybridized carbons (Fsp3) is 0.278. The smallest absolute Gasteiger partial charge is 0.141 e. The summed E-state index contributed by atoms with van der Waals surface area (Å²) in [6.07, 6.45) is 0.979. The van der Waals surface area contributed by atoms with Crippen molar-refractivity contribution in [1.82, 2.24) is 5.32 Å². The van der Waals surface area contributed by atoms with E-state index in [0.717, 1.165) is 23.0 Å². The van der Waals surface area contributed by atoms with Crippen LogP contribution in [0.4, 0.5) is 0 Å². The molecule has 2 heteroatoms. The van der Waals surface area contributed by atoms with Gasteiger partial charge in [-0.25, -0.2) is 0 Å². The van der Waals surface area contributed by atoms with Gasteiger partial charge in [-0.1, -0.05) is 54.6 Å². The Kier molecular flexibility index (Phi) is 4.35. The molecular weight excluding hydrogens is 246 g/mol. The average Bonchev–Trinajstić information content (AvgIpc) is 2.45. The molecule has 2 aromatic carbocycles. The standard InChI is InChI=1S/C18H21NO/c1-18(2,3)19-17(13-20)16-12-8-7-11-15(16)14-9-5-4-6-10-14/h4-13,17,19H,1-3H3. The predicted octanol–water partition coefficient (Wildman–Crippen LogP) is 3.98. The van der Waals surface area contributed by atoms with Crippen molar-refractivity contribution in [2.45, 2.75) is 32.4 Å². The lowest BCUT2D eigenvalue weighted by Crippen LogP contribution is -2.39. The highest BCUT2D eigenvalue weighted by molar-refractivity contribution is 5.74. The van der Waals surface area contributed by atoms with Crippen molar-refractivity contribution in [1.29, 1.82) is 0 Å². The molecule has 0 aliphatic carbocycles. The molecule has 0 saturated carbocycles. The molecule has 1 N–H and O–H groups in total. The Labute approximate surface area is 120 Å². The molecule has 2 rings (SSSR count). The van der Waals surface area contributed by atoms with Crippen molar-refractivity contribution in [3.05, 3.63) is 60.2 Å². The fourth-order valence-corrected chi connectivity index (χ4v) is 2.30. The van der Waals surface area contributed by atoms with Gasteiger partial charge >= 0.3 is 0 Å². The van der Waals surface area contributed by atoms with Crippen LogP contribution in [0.15, 0.2) is 54.6 Å². The van der Waals surface area contributed by atoms with Crippen LogP contribution in [0, 0.1) is 0 Å². The van der Waals surface area contributed by atoms with Crippen LogP contribution in [0.5, 0.6) is 0 Å². The highest BCUT2D eigenvalue weighted by Crippen LogP contribution is 2.28. The van der Waals surface area contributed by atoms with E-state index in [2.05, 4.69) is 44.3 Å². The zero-order valence-corrected chi connectivity index (χ0v) is 12.3. The maximum atomic E-state index is 11.5. The first-order valence-electron chi connectivity index (χ1n) is 6.88. The summed E-state index contributed by atoms with van der Waals surface area (Å²) in [6.45, 7) is 6.19. The van der Waals surface area contributed by atoms with Gasteiger partial charge in [-0.05, 0) is 37.5 Å². The van der Waals surface area contributed by atoms with E-state index in [1.165, 1.54) is 0 Å². The van der Waals surface area contributed by atoms with Gasteiger partial charge in [-0.2, -0.15) is 0 Å². The zero-order valence-electron chi connectivity index (χ0n) is 12.3. The third-order valence-electron chi connectivity index (χ3n) is 3.11. The zero-order chi connectivity index (χ0) is 14.6. The molecule has 0 aliphatic heterocycles. The molecule has 0 bridgehead atoms. The van der Waals surface area contributed by atoms with Crippen molar-refractivity contribution in [3.63, 3.8) is 0 Å². The van der Waals surface area contributed by atoms with Gasteiger partial charge in [-0.3, -0.25) is 5.32 Å². The normalized spacial score (nSPS) is 12.9. The Hall–Kier alpha value is -1.93. The van der Waals surface area contributed by atoms with Crippen LogP contribution in [0.2, 0.25) is 0 Å². The van der Waals surface area contributed by atoms with Crippen molar-refractivity contribution in [2.75, 3.05) is 0 Å². The molecule has 0 amide bonds. The highest BCUT2D eigenvalue weighted by Gasteiger charge is 2.20. The summed E-state index contributed by atoms with van der Waals surface area (Å²) in [5.74, 6) is 0. The lowest BCUT2D eigenvalue weighted by Gasteiger charge is -2.26. The summed E-state index contributed by atoms with van der Waals surface area (Å²) >= 11 is 0. The first-order chi connectivity index (χ1) is 9.51. The van der Waals surface area contributed by atoms with Gasteiger partial charge in [-0.15, -0.1) is 0 Å². The second-order valence-corrected chi connectivity index (χ2v) is 5.96. The van der Waals surface area contributed by atoms with Crippen LogP contribution in [-0.4, -0.2) is 11.8 Å². The summed E-state index contributed by atoms with van der Waals surface area (Å²) < 4.78 is 0. The van der Waals surface area contributed by atoms with Crippen LogP contribution >= 0.6 is 0 Å². The van der Waals surface area contributed by atoms with E-state index >= 15 is 0 Å². The van der Waals surface area contributed by atoms with E-state index in [4.69, 9.17) is 0 Å². The average molecular weight is 267 g/mol. The lowest BCUT2D eigenvalue weighted by atomic mass is 9.94. The van der Waals surface area contributed by atoms with Crippen LogP contribution in [0.3, 0.4) is 0 Å². The molecule has 2 nitrogen and oxygen atoms in total. The molecule has 1 unspecified atom stereocenters. The third-order valence-corrected chi connectivity index (χ3v) is 3.11. The minimum atomic E-state index is -0.300. The molecule has 104 valence electrons. The van der Waals surface area contributed by atoms with Gasteiger partial charge in [0.15, 0.2) is 0 Å². The largest absolute Gasteiger partial charge is 0.301 e. The van der Waals surface area contributed by atoms with Crippen molar-refractivity contribution < 1.29 is 4.79 Å². The molecule has 0 heterocycles. The molecule has 0 radical (unpaired) electrons. The monoisotopic (exact) mass is 267 g/mol. The summed E-state index contributed by atoms with van der Waals surface area (Å²) in [5.41, 5.74) is 3.13. The molecule has 2 aromatic rings. The quantitative estimate of drug-likeness (QED) is 0.849. The van der Waals surface area contributed by atoms with Gasteiger partial charge in [0.1, 0.15) is 6.29 Å². The number of aldehydes is 1. The van der Waals surface area contributed by atoms with Gasteiger partial charge in [0.25, 0.3) is 0 Å². The number of rotatable bonds is 4. The predicted molar refractivity (Wildman–Crippen MR) is 83.6 cm³/mol. The fourth-order valence-electron chi connectivity index (χ4n) is 2.30. The maximum absolute atomic E-state index is 11.5. The van der Waals surface area contributed by atoms with Crippen LogP contribution in [-0.2, 0) is 4.79 Å². The van der Waals surface area contributed by atoms with E-state index in [-0.39, 0.29) is 11.6 Å². The molecule has 0 aliphatic rings. The van der Waals surface area contributed by atoms with E-state index in [1.54, 1.807) is 0 Å². The molecule has 0 aromatic heterocycles. The van der Waals surface area contributed by atoms with Gasteiger partial charge in [0.05, 0.1) is 6.04 Å². The maximum Gasteiger partial charge on any atom is 0.141 e. The Bertz CT molecular complexity index is 569. The molecule has 20 heavy (non-hydrogen) atoms. The van der Waals surface area contributed by atoms with Gasteiger partial charge < -0.3 is 4.79 Å². The third kappa shape index (κ3) is 3.55. The summed E-state index contributed by atoms with van der Waals surface area (Å²) in [4.78, 5) is 11.5. The number of hydrogen-bond donors (Lipinski definition) is 1. The van der Waals surface area contributed by atoms with Crippen LogP contribution in [0.25, 0.3) is 11.1 Å². The van der Waals surface area contributed by atoms with Crippen LogP contribution in [0.1, 0.15) is 32.4 Å². The van der Waals surface area contributed by atoms with Gasteiger partial charge in [0, 0.05) is 5.54 Å². The summed E-state index contributed by atoms with van der Waals surface area (Å²) in [6, 6.07) is 17.9. The van der Waals surface area contributed by atoms with Crippen molar-refractivity contribution in [3.8, 4) is 11.1 Å². The number of carbonyl (C=O) groups is 1. The SMILES string of the molecule is CC(C)(C)NC(C=O)c1ccccc1-c1ccccc1. The minimum absolute atomic E-state index is 0.116. The second kappa shape index (κ2) is 6.02. The van der Waals surface area contributed by atoms with Crippen LogP contribution < -0.4 is 5.32 Å². The van der Waals surface area contributed by atoms with Gasteiger partial charge in [0.2, 0.25) is 0 Å². The van der Waals surface area contributed by atoms with Crippen molar-refractivity contribution in [2.24, 2.45) is 0 Å².